The lowest BCUT2D eigenvalue weighted by Crippen LogP contribution is -2.36. The first-order chi connectivity index (χ1) is 11.1. The lowest BCUT2D eigenvalue weighted by molar-refractivity contribution is 0.0509. The summed E-state index contributed by atoms with van der Waals surface area (Å²) >= 11 is 1.62. The molecule has 2 aromatic rings. The van der Waals surface area contributed by atoms with Gasteiger partial charge in [-0.2, -0.15) is 0 Å². The molecule has 1 aliphatic rings. The third kappa shape index (κ3) is 3.98. The summed E-state index contributed by atoms with van der Waals surface area (Å²) in [5, 5.41) is 2.00. The third-order valence-electron chi connectivity index (χ3n) is 4.08. The second-order valence-corrected chi connectivity index (χ2v) is 6.90. The van der Waals surface area contributed by atoms with E-state index in [4.69, 9.17) is 4.74 Å². The Balaban J connectivity index is 1.80. The van der Waals surface area contributed by atoms with E-state index in [1.165, 1.54) is 6.07 Å². The number of halogens is 1. The number of rotatable bonds is 5. The second-order valence-electron chi connectivity index (χ2n) is 5.86. The Bertz CT molecular complexity index is 666. The van der Waals surface area contributed by atoms with Gasteiger partial charge in [0, 0.05) is 23.6 Å². The lowest BCUT2D eigenvalue weighted by atomic mass is 10.1. The summed E-state index contributed by atoms with van der Waals surface area (Å²) in [4.78, 5) is 15.7. The van der Waals surface area contributed by atoms with Gasteiger partial charge in [0.1, 0.15) is 5.82 Å². The minimum Gasteiger partial charge on any atom is -0.376 e. The molecule has 0 N–H and O–H groups in total. The predicted molar refractivity (Wildman–Crippen MR) is 89.2 cm³/mol. The summed E-state index contributed by atoms with van der Waals surface area (Å²) in [6.45, 7) is 3.53. The van der Waals surface area contributed by atoms with Gasteiger partial charge in [-0.05, 0) is 48.9 Å². The van der Waals surface area contributed by atoms with Gasteiger partial charge in [-0.25, -0.2) is 4.39 Å². The molecular weight excluding hydrogens is 313 g/mol. The van der Waals surface area contributed by atoms with Crippen LogP contribution in [-0.4, -0.2) is 30.1 Å². The summed E-state index contributed by atoms with van der Waals surface area (Å²) in [7, 11) is 0. The number of amides is 1. The first kappa shape index (κ1) is 16.1. The molecule has 1 amide bonds. The van der Waals surface area contributed by atoms with Crippen LogP contribution in [0.25, 0.3) is 0 Å². The number of carbonyl (C=O) groups is 1. The molecular formula is C18H20FNO2S. The van der Waals surface area contributed by atoms with Crippen LogP contribution < -0.4 is 0 Å². The Morgan fingerprint density at radius 2 is 2.30 bits per heavy atom. The molecule has 1 unspecified atom stereocenters. The fraction of sp³-hybridized carbons (Fsp3) is 0.389. The molecule has 3 rings (SSSR count). The SMILES string of the molecule is Cc1ccc(C(=O)N(Cc2cccs2)CC2CCCO2)cc1F. The minimum atomic E-state index is -0.343. The highest BCUT2D eigenvalue weighted by Crippen LogP contribution is 2.20. The van der Waals surface area contributed by atoms with Crippen molar-refractivity contribution in [3.8, 4) is 0 Å². The lowest BCUT2D eigenvalue weighted by Gasteiger charge is -2.25. The summed E-state index contributed by atoms with van der Waals surface area (Å²) in [6.07, 6.45) is 2.08. The van der Waals surface area contributed by atoms with E-state index in [0.29, 0.717) is 24.2 Å². The van der Waals surface area contributed by atoms with Crippen LogP contribution in [0.4, 0.5) is 4.39 Å². The molecule has 1 fully saturated rings. The fourth-order valence-electron chi connectivity index (χ4n) is 2.75. The maximum absolute atomic E-state index is 13.8. The normalized spacial score (nSPS) is 17.4. The Hall–Kier alpha value is -1.72. The summed E-state index contributed by atoms with van der Waals surface area (Å²) in [5.74, 6) is -0.489. The Morgan fingerprint density at radius 3 is 2.96 bits per heavy atom. The van der Waals surface area contributed by atoms with Gasteiger partial charge in [0.2, 0.25) is 0 Å². The smallest absolute Gasteiger partial charge is 0.254 e. The van der Waals surface area contributed by atoms with E-state index in [1.54, 1.807) is 35.3 Å². The van der Waals surface area contributed by atoms with Gasteiger partial charge < -0.3 is 9.64 Å². The van der Waals surface area contributed by atoms with Crippen molar-refractivity contribution in [3.05, 3.63) is 57.5 Å². The van der Waals surface area contributed by atoms with E-state index in [2.05, 4.69) is 0 Å². The largest absolute Gasteiger partial charge is 0.376 e. The van der Waals surface area contributed by atoms with Crippen molar-refractivity contribution < 1.29 is 13.9 Å². The molecule has 23 heavy (non-hydrogen) atoms. The first-order valence-electron chi connectivity index (χ1n) is 7.83. The molecule has 0 saturated carbocycles. The summed E-state index contributed by atoms with van der Waals surface area (Å²) in [6, 6.07) is 8.65. The van der Waals surface area contributed by atoms with Crippen molar-refractivity contribution in [3.63, 3.8) is 0 Å². The molecule has 3 nitrogen and oxygen atoms in total. The first-order valence-corrected chi connectivity index (χ1v) is 8.71. The topological polar surface area (TPSA) is 29.5 Å². The van der Waals surface area contributed by atoms with Crippen molar-refractivity contribution in [2.45, 2.75) is 32.4 Å². The molecule has 1 aliphatic heterocycles. The molecule has 1 aromatic heterocycles. The minimum absolute atomic E-state index is 0.0780. The molecule has 1 aromatic carbocycles. The molecule has 0 radical (unpaired) electrons. The highest BCUT2D eigenvalue weighted by Gasteiger charge is 2.24. The predicted octanol–water partition coefficient (Wildman–Crippen LogP) is 4.02. The van der Waals surface area contributed by atoms with Gasteiger partial charge in [0.15, 0.2) is 0 Å². The van der Waals surface area contributed by atoms with Crippen molar-refractivity contribution in [1.29, 1.82) is 0 Å². The van der Waals surface area contributed by atoms with Crippen LogP contribution in [0, 0.1) is 12.7 Å². The number of thiophene rings is 1. The van der Waals surface area contributed by atoms with Crippen LogP contribution >= 0.6 is 11.3 Å². The van der Waals surface area contributed by atoms with Crippen molar-refractivity contribution in [2.75, 3.05) is 13.2 Å². The number of benzene rings is 1. The molecule has 5 heteroatoms. The van der Waals surface area contributed by atoms with Crippen LogP contribution in [0.3, 0.4) is 0 Å². The highest BCUT2D eigenvalue weighted by molar-refractivity contribution is 7.09. The molecule has 1 saturated heterocycles. The number of ether oxygens (including phenoxy) is 1. The van der Waals surface area contributed by atoms with Crippen LogP contribution in [-0.2, 0) is 11.3 Å². The van der Waals surface area contributed by atoms with E-state index in [0.717, 1.165) is 24.3 Å². The van der Waals surface area contributed by atoms with Crippen molar-refractivity contribution >= 4 is 17.2 Å². The molecule has 0 spiro atoms. The number of hydrogen-bond acceptors (Lipinski definition) is 3. The third-order valence-corrected chi connectivity index (χ3v) is 4.94. The molecule has 0 aliphatic carbocycles. The second kappa shape index (κ2) is 7.23. The van der Waals surface area contributed by atoms with E-state index in [1.807, 2.05) is 17.5 Å². The van der Waals surface area contributed by atoms with E-state index >= 15 is 0 Å². The van der Waals surface area contributed by atoms with Crippen LogP contribution in [0.2, 0.25) is 0 Å². The van der Waals surface area contributed by atoms with Gasteiger partial charge >= 0.3 is 0 Å². The quantitative estimate of drug-likeness (QED) is 0.827. The average molecular weight is 333 g/mol. The maximum atomic E-state index is 13.8. The zero-order valence-corrected chi connectivity index (χ0v) is 13.9. The summed E-state index contributed by atoms with van der Waals surface area (Å²) < 4.78 is 19.5. The standard InChI is InChI=1S/C18H20FNO2S/c1-13-6-7-14(10-17(13)19)18(21)20(11-15-4-2-8-22-15)12-16-5-3-9-23-16/h3,5-7,9-10,15H,2,4,8,11-12H2,1H3. The van der Waals surface area contributed by atoms with E-state index < -0.39 is 0 Å². The Kier molecular flexibility index (Phi) is 5.08. The number of hydrogen-bond donors (Lipinski definition) is 0. The van der Waals surface area contributed by atoms with Crippen LogP contribution in [0.5, 0.6) is 0 Å². The van der Waals surface area contributed by atoms with Gasteiger partial charge in [0.05, 0.1) is 12.6 Å². The zero-order valence-electron chi connectivity index (χ0n) is 13.1. The fourth-order valence-corrected chi connectivity index (χ4v) is 3.47. The average Bonchev–Trinajstić information content (AvgIpc) is 3.22. The van der Waals surface area contributed by atoms with E-state index in [9.17, 15) is 9.18 Å². The Labute approximate surface area is 139 Å². The summed E-state index contributed by atoms with van der Waals surface area (Å²) in [5.41, 5.74) is 0.938. The van der Waals surface area contributed by atoms with Gasteiger partial charge in [-0.15, -0.1) is 11.3 Å². The highest BCUT2D eigenvalue weighted by atomic mass is 32.1. The monoisotopic (exact) mass is 333 g/mol. The van der Waals surface area contributed by atoms with Gasteiger partial charge in [-0.3, -0.25) is 4.79 Å². The number of aryl methyl sites for hydroxylation is 1. The van der Waals surface area contributed by atoms with E-state index in [-0.39, 0.29) is 17.8 Å². The van der Waals surface area contributed by atoms with Crippen molar-refractivity contribution in [1.82, 2.24) is 4.90 Å². The van der Waals surface area contributed by atoms with Gasteiger partial charge in [0.25, 0.3) is 5.91 Å². The van der Waals surface area contributed by atoms with Crippen LogP contribution in [0.15, 0.2) is 35.7 Å². The Morgan fingerprint density at radius 1 is 1.43 bits per heavy atom. The number of carbonyl (C=O) groups excluding carboxylic acids is 1. The number of nitrogens with zero attached hydrogens (tertiary/aromatic N) is 1. The molecule has 1 atom stereocenters. The molecule has 0 bridgehead atoms. The molecule has 2 heterocycles. The maximum Gasteiger partial charge on any atom is 0.254 e. The van der Waals surface area contributed by atoms with Crippen molar-refractivity contribution in [2.24, 2.45) is 0 Å². The van der Waals surface area contributed by atoms with Crippen LogP contribution in [0.1, 0.15) is 33.6 Å². The van der Waals surface area contributed by atoms with Gasteiger partial charge in [-0.1, -0.05) is 12.1 Å². The zero-order chi connectivity index (χ0) is 16.2. The molecule has 122 valence electrons.